The summed E-state index contributed by atoms with van der Waals surface area (Å²) in [5.74, 6) is -1.76. The zero-order valence-corrected chi connectivity index (χ0v) is 10.0. The van der Waals surface area contributed by atoms with Crippen molar-refractivity contribution < 1.29 is 14.3 Å². The number of aromatic carboxylic acids is 1. The number of halogens is 1. The van der Waals surface area contributed by atoms with Crippen LogP contribution in [0.5, 0.6) is 0 Å². The topological polar surface area (TPSA) is 93.2 Å². The molecule has 0 bridgehead atoms. The smallest absolute Gasteiger partial charge is 0.337 e. The molecular formula is C12H13FN4O2. The third-order valence-electron chi connectivity index (χ3n) is 2.61. The Morgan fingerprint density at radius 2 is 2.32 bits per heavy atom. The number of hydrogen-bond donors (Lipinski definition) is 3. The first kappa shape index (κ1) is 12.9. The SMILES string of the molecule is Nc1cc(F)c(NCCn2ccnc2)cc1C(=O)O. The summed E-state index contributed by atoms with van der Waals surface area (Å²) in [7, 11) is 0. The molecule has 0 unspecified atom stereocenters. The fraction of sp³-hybridized carbons (Fsp3) is 0.167. The highest BCUT2D eigenvalue weighted by molar-refractivity contribution is 5.94. The number of nitrogen functional groups attached to an aromatic ring is 1. The van der Waals surface area contributed by atoms with Gasteiger partial charge in [-0.15, -0.1) is 0 Å². The highest BCUT2D eigenvalue weighted by atomic mass is 19.1. The molecule has 2 aromatic rings. The Morgan fingerprint density at radius 1 is 1.53 bits per heavy atom. The van der Waals surface area contributed by atoms with Crippen LogP contribution in [0.3, 0.4) is 0 Å². The minimum atomic E-state index is -1.19. The molecule has 7 heteroatoms. The van der Waals surface area contributed by atoms with E-state index in [1.54, 1.807) is 18.7 Å². The number of hydrogen-bond acceptors (Lipinski definition) is 4. The van der Waals surface area contributed by atoms with Gasteiger partial charge in [0, 0.05) is 31.2 Å². The molecule has 2 rings (SSSR count). The summed E-state index contributed by atoms with van der Waals surface area (Å²) in [5, 5.41) is 11.7. The highest BCUT2D eigenvalue weighted by Gasteiger charge is 2.12. The first-order chi connectivity index (χ1) is 9.08. The lowest BCUT2D eigenvalue weighted by atomic mass is 10.1. The van der Waals surface area contributed by atoms with Gasteiger partial charge < -0.3 is 20.7 Å². The number of nitrogens with two attached hydrogens (primary N) is 1. The lowest BCUT2D eigenvalue weighted by molar-refractivity contribution is 0.0698. The van der Waals surface area contributed by atoms with Crippen LogP contribution in [-0.2, 0) is 6.54 Å². The van der Waals surface area contributed by atoms with Crippen molar-refractivity contribution in [2.75, 3.05) is 17.6 Å². The first-order valence-corrected chi connectivity index (χ1v) is 5.60. The van der Waals surface area contributed by atoms with Crippen molar-refractivity contribution in [1.29, 1.82) is 0 Å². The Morgan fingerprint density at radius 3 is 2.95 bits per heavy atom. The van der Waals surface area contributed by atoms with Gasteiger partial charge in [0.25, 0.3) is 0 Å². The summed E-state index contributed by atoms with van der Waals surface area (Å²) in [4.78, 5) is 14.8. The van der Waals surface area contributed by atoms with Crippen molar-refractivity contribution in [3.05, 3.63) is 42.2 Å². The number of aromatic nitrogens is 2. The Kier molecular flexibility index (Phi) is 3.65. The van der Waals surface area contributed by atoms with Crippen LogP contribution in [-0.4, -0.2) is 27.2 Å². The number of carboxylic acid groups (broad SMARTS) is 1. The molecule has 0 saturated heterocycles. The van der Waals surface area contributed by atoms with E-state index in [-0.39, 0.29) is 16.9 Å². The number of nitrogens with one attached hydrogen (secondary N) is 1. The fourth-order valence-electron chi connectivity index (χ4n) is 1.65. The summed E-state index contributed by atoms with van der Waals surface area (Å²) in [5.41, 5.74) is 5.34. The fourth-order valence-corrected chi connectivity index (χ4v) is 1.65. The molecule has 4 N–H and O–H groups in total. The average Bonchev–Trinajstić information content (AvgIpc) is 2.84. The number of imidazole rings is 1. The van der Waals surface area contributed by atoms with Crippen LogP contribution < -0.4 is 11.1 Å². The van der Waals surface area contributed by atoms with Gasteiger partial charge in [0.05, 0.1) is 17.6 Å². The van der Waals surface area contributed by atoms with Gasteiger partial charge in [-0.25, -0.2) is 14.2 Å². The van der Waals surface area contributed by atoms with Crippen LogP contribution in [0.1, 0.15) is 10.4 Å². The Labute approximate surface area is 108 Å². The molecule has 19 heavy (non-hydrogen) atoms. The van der Waals surface area contributed by atoms with Gasteiger partial charge in [0.1, 0.15) is 5.82 Å². The molecule has 6 nitrogen and oxygen atoms in total. The second-order valence-electron chi connectivity index (χ2n) is 3.95. The highest BCUT2D eigenvalue weighted by Crippen LogP contribution is 2.22. The van der Waals surface area contributed by atoms with Crippen molar-refractivity contribution in [1.82, 2.24) is 9.55 Å². The van der Waals surface area contributed by atoms with Gasteiger partial charge in [0.2, 0.25) is 0 Å². The molecule has 1 aromatic heterocycles. The zero-order valence-electron chi connectivity index (χ0n) is 10.0. The minimum absolute atomic E-state index is 0.0924. The molecule has 0 radical (unpaired) electrons. The van der Waals surface area contributed by atoms with E-state index in [1.165, 1.54) is 6.07 Å². The van der Waals surface area contributed by atoms with Crippen LogP contribution in [0.15, 0.2) is 30.9 Å². The van der Waals surface area contributed by atoms with E-state index in [2.05, 4.69) is 10.3 Å². The Bertz CT molecular complexity index is 584. The van der Waals surface area contributed by atoms with Crippen molar-refractivity contribution in [2.45, 2.75) is 6.54 Å². The zero-order chi connectivity index (χ0) is 13.8. The lowest BCUT2D eigenvalue weighted by Gasteiger charge is -2.10. The molecule has 1 aromatic carbocycles. The van der Waals surface area contributed by atoms with Crippen LogP contribution in [0, 0.1) is 5.82 Å². The molecule has 0 aliphatic rings. The van der Waals surface area contributed by atoms with Crippen molar-refractivity contribution >= 4 is 17.3 Å². The predicted octanol–water partition coefficient (Wildman–Crippen LogP) is 1.41. The Hall–Kier alpha value is -2.57. The van der Waals surface area contributed by atoms with Gasteiger partial charge in [0.15, 0.2) is 0 Å². The summed E-state index contributed by atoms with van der Waals surface area (Å²) >= 11 is 0. The monoisotopic (exact) mass is 264 g/mol. The summed E-state index contributed by atoms with van der Waals surface area (Å²) in [6, 6.07) is 2.20. The maximum Gasteiger partial charge on any atom is 0.337 e. The van der Waals surface area contributed by atoms with Gasteiger partial charge in [-0.1, -0.05) is 0 Å². The van der Waals surface area contributed by atoms with Gasteiger partial charge >= 0.3 is 5.97 Å². The number of nitrogens with zero attached hydrogens (tertiary/aromatic N) is 2. The molecule has 0 amide bonds. The van der Waals surface area contributed by atoms with E-state index in [9.17, 15) is 9.18 Å². The van der Waals surface area contributed by atoms with E-state index in [4.69, 9.17) is 10.8 Å². The molecule has 0 fully saturated rings. The standard InChI is InChI=1S/C12H13FN4O2/c13-9-6-10(14)8(12(18)19)5-11(9)16-2-4-17-3-1-15-7-17/h1,3,5-7,16H,2,4,14H2,(H,18,19). The van der Waals surface area contributed by atoms with Crippen LogP contribution in [0.2, 0.25) is 0 Å². The molecule has 0 atom stereocenters. The Balaban J connectivity index is 2.07. The lowest BCUT2D eigenvalue weighted by Crippen LogP contribution is -2.12. The molecular weight excluding hydrogens is 251 g/mol. The number of carbonyl (C=O) groups is 1. The number of benzene rings is 1. The second-order valence-corrected chi connectivity index (χ2v) is 3.95. The third kappa shape index (κ3) is 3.01. The van der Waals surface area contributed by atoms with Gasteiger partial charge in [-0.05, 0) is 12.1 Å². The molecule has 100 valence electrons. The molecule has 0 saturated carbocycles. The summed E-state index contributed by atoms with van der Waals surface area (Å²) in [6.07, 6.45) is 5.07. The molecule has 1 heterocycles. The average molecular weight is 264 g/mol. The maximum atomic E-state index is 13.6. The first-order valence-electron chi connectivity index (χ1n) is 5.60. The normalized spacial score (nSPS) is 10.4. The van der Waals surface area contributed by atoms with Crippen molar-refractivity contribution in [3.63, 3.8) is 0 Å². The quantitative estimate of drug-likeness (QED) is 0.710. The van der Waals surface area contributed by atoms with Crippen molar-refractivity contribution in [2.24, 2.45) is 0 Å². The van der Waals surface area contributed by atoms with E-state index in [0.717, 1.165) is 6.07 Å². The van der Waals surface area contributed by atoms with E-state index >= 15 is 0 Å². The molecule has 0 aliphatic heterocycles. The summed E-state index contributed by atoms with van der Waals surface area (Å²) in [6.45, 7) is 1.03. The summed E-state index contributed by atoms with van der Waals surface area (Å²) < 4.78 is 15.4. The third-order valence-corrected chi connectivity index (χ3v) is 2.61. The molecule has 0 spiro atoms. The number of rotatable bonds is 5. The second kappa shape index (κ2) is 5.38. The van der Waals surface area contributed by atoms with Crippen molar-refractivity contribution in [3.8, 4) is 0 Å². The predicted molar refractivity (Wildman–Crippen MR) is 68.5 cm³/mol. The van der Waals surface area contributed by atoms with Gasteiger partial charge in [-0.3, -0.25) is 0 Å². The van der Waals surface area contributed by atoms with Crippen LogP contribution in [0.25, 0.3) is 0 Å². The van der Waals surface area contributed by atoms with Gasteiger partial charge in [-0.2, -0.15) is 0 Å². The maximum absolute atomic E-state index is 13.6. The largest absolute Gasteiger partial charge is 0.478 e. The number of carboxylic acids is 1. The van der Waals surface area contributed by atoms with E-state index in [0.29, 0.717) is 13.1 Å². The minimum Gasteiger partial charge on any atom is -0.478 e. The van der Waals surface area contributed by atoms with Crippen LogP contribution in [0.4, 0.5) is 15.8 Å². The van der Waals surface area contributed by atoms with Crippen LogP contribution >= 0.6 is 0 Å². The molecule has 0 aliphatic carbocycles. The van der Waals surface area contributed by atoms with E-state index in [1.807, 2.05) is 4.57 Å². The van der Waals surface area contributed by atoms with E-state index < -0.39 is 11.8 Å². The number of anilines is 2.